The smallest absolute Gasteiger partial charge is 0.244 e. The van der Waals surface area contributed by atoms with Crippen molar-refractivity contribution in [2.24, 2.45) is 0 Å². The number of carbonyl (C=O) groups is 2. The fourth-order valence-corrected chi connectivity index (χ4v) is 3.37. The molecule has 31 heavy (non-hydrogen) atoms. The highest BCUT2D eigenvalue weighted by molar-refractivity contribution is 6.09. The number of benzene rings is 3. The third-order valence-electron chi connectivity index (χ3n) is 4.89. The molecule has 0 saturated heterocycles. The minimum absolute atomic E-state index is 0.0733. The van der Waals surface area contributed by atoms with E-state index in [1.807, 2.05) is 42.5 Å². The van der Waals surface area contributed by atoms with E-state index in [0.29, 0.717) is 17.0 Å². The highest BCUT2D eigenvalue weighted by atomic mass is 16.5. The van der Waals surface area contributed by atoms with Crippen LogP contribution < -0.4 is 14.8 Å². The van der Waals surface area contributed by atoms with Gasteiger partial charge in [0, 0.05) is 28.4 Å². The molecule has 0 atom stereocenters. The second-order valence-corrected chi connectivity index (χ2v) is 6.99. The molecule has 1 N–H and O–H groups in total. The lowest BCUT2D eigenvalue weighted by atomic mass is 10.1. The molecule has 0 spiro atoms. The SMILES string of the molecule is COc1ccc(NC(=O)Cn2cc(C(=O)COc3ccccc3)c3ccccc32)cc1. The van der Waals surface area contributed by atoms with Crippen LogP contribution >= 0.6 is 0 Å². The molecule has 0 bridgehead atoms. The standard InChI is InChI=1S/C25H22N2O4/c1-30-19-13-11-18(12-14-19)26-25(29)16-27-15-22(21-9-5-6-10-23(21)27)24(28)17-31-20-7-3-2-4-8-20/h2-15H,16-17H2,1H3,(H,26,29). The van der Waals surface area contributed by atoms with E-state index in [-0.39, 0.29) is 24.8 Å². The van der Waals surface area contributed by atoms with Crippen molar-refractivity contribution in [1.82, 2.24) is 4.57 Å². The lowest BCUT2D eigenvalue weighted by Gasteiger charge is -2.08. The molecule has 0 aliphatic heterocycles. The van der Waals surface area contributed by atoms with Crippen LogP contribution in [0.3, 0.4) is 0 Å². The maximum absolute atomic E-state index is 12.8. The summed E-state index contributed by atoms with van der Waals surface area (Å²) in [5.41, 5.74) is 2.02. The summed E-state index contributed by atoms with van der Waals surface area (Å²) in [4.78, 5) is 25.4. The quantitative estimate of drug-likeness (QED) is 0.430. The minimum Gasteiger partial charge on any atom is -0.497 e. The summed E-state index contributed by atoms with van der Waals surface area (Å²) in [5, 5.41) is 3.66. The number of rotatable bonds is 8. The highest BCUT2D eigenvalue weighted by Gasteiger charge is 2.17. The van der Waals surface area contributed by atoms with Crippen LogP contribution in [0.4, 0.5) is 5.69 Å². The summed E-state index contributed by atoms with van der Waals surface area (Å²) in [5.74, 6) is 1.02. The van der Waals surface area contributed by atoms with Crippen LogP contribution in [0.15, 0.2) is 85.1 Å². The Balaban J connectivity index is 1.50. The molecule has 0 saturated carbocycles. The largest absolute Gasteiger partial charge is 0.497 e. The van der Waals surface area contributed by atoms with Gasteiger partial charge in [-0.2, -0.15) is 0 Å². The fraction of sp³-hybridized carbons (Fsp3) is 0.120. The van der Waals surface area contributed by atoms with Gasteiger partial charge in [-0.15, -0.1) is 0 Å². The van der Waals surface area contributed by atoms with E-state index in [1.165, 1.54) is 0 Å². The first-order valence-electron chi connectivity index (χ1n) is 9.87. The third kappa shape index (κ3) is 4.75. The molecule has 0 radical (unpaired) electrons. The summed E-state index contributed by atoms with van der Waals surface area (Å²) in [6.45, 7) is 0.00936. The Kier molecular flexibility index (Phi) is 5.98. The molecule has 1 amide bonds. The van der Waals surface area contributed by atoms with Crippen LogP contribution in [0.1, 0.15) is 10.4 Å². The van der Waals surface area contributed by atoms with E-state index in [2.05, 4.69) is 5.32 Å². The van der Waals surface area contributed by atoms with Crippen molar-refractivity contribution in [3.8, 4) is 11.5 Å². The molecule has 3 aromatic carbocycles. The summed E-state index contributed by atoms with van der Waals surface area (Å²) in [6.07, 6.45) is 1.72. The number of ether oxygens (including phenoxy) is 2. The molecule has 1 heterocycles. The van der Waals surface area contributed by atoms with Gasteiger partial charge in [0.05, 0.1) is 7.11 Å². The summed E-state index contributed by atoms with van der Waals surface area (Å²) < 4.78 is 12.5. The molecule has 4 rings (SSSR count). The van der Waals surface area contributed by atoms with Crippen molar-refractivity contribution < 1.29 is 19.1 Å². The fourth-order valence-electron chi connectivity index (χ4n) is 3.37. The number of Topliss-reactive ketones (excluding diaryl/α,β-unsaturated/α-hetero) is 1. The number of hydrogen-bond acceptors (Lipinski definition) is 4. The number of nitrogens with one attached hydrogen (secondary N) is 1. The van der Waals surface area contributed by atoms with Gasteiger partial charge >= 0.3 is 0 Å². The van der Waals surface area contributed by atoms with Crippen molar-refractivity contribution in [3.63, 3.8) is 0 Å². The van der Waals surface area contributed by atoms with Gasteiger partial charge in [-0.3, -0.25) is 9.59 Å². The minimum atomic E-state index is -0.189. The van der Waals surface area contributed by atoms with Crippen molar-refractivity contribution in [2.45, 2.75) is 6.54 Å². The Bertz CT molecular complexity index is 1200. The summed E-state index contributed by atoms with van der Waals surface area (Å²) in [7, 11) is 1.59. The summed E-state index contributed by atoms with van der Waals surface area (Å²) >= 11 is 0. The number of amides is 1. The van der Waals surface area contributed by atoms with Gasteiger partial charge in [0.25, 0.3) is 0 Å². The van der Waals surface area contributed by atoms with Crippen molar-refractivity contribution in [1.29, 1.82) is 0 Å². The number of nitrogens with zero attached hydrogens (tertiary/aromatic N) is 1. The lowest BCUT2D eigenvalue weighted by Crippen LogP contribution is -2.18. The Hall–Kier alpha value is -4.06. The number of hydrogen-bond donors (Lipinski definition) is 1. The van der Waals surface area contributed by atoms with Gasteiger partial charge in [0.15, 0.2) is 6.61 Å². The molecular formula is C25H22N2O4. The first-order chi connectivity index (χ1) is 15.1. The van der Waals surface area contributed by atoms with Crippen LogP contribution in [-0.2, 0) is 11.3 Å². The number of fused-ring (bicyclic) bond motifs is 1. The van der Waals surface area contributed by atoms with E-state index >= 15 is 0 Å². The number of anilines is 1. The van der Waals surface area contributed by atoms with Crippen LogP contribution in [0.25, 0.3) is 10.9 Å². The van der Waals surface area contributed by atoms with Crippen LogP contribution in [0, 0.1) is 0 Å². The van der Waals surface area contributed by atoms with Crippen molar-refractivity contribution in [3.05, 3.63) is 90.6 Å². The molecule has 0 aliphatic carbocycles. The number of methoxy groups -OCH3 is 1. The monoisotopic (exact) mass is 414 g/mol. The Labute approximate surface area is 180 Å². The van der Waals surface area contributed by atoms with E-state index in [4.69, 9.17) is 9.47 Å². The molecule has 1 aromatic heterocycles. The second kappa shape index (κ2) is 9.17. The molecule has 0 aliphatic rings. The molecule has 156 valence electrons. The van der Waals surface area contributed by atoms with E-state index < -0.39 is 0 Å². The number of para-hydroxylation sites is 2. The molecule has 6 heteroatoms. The van der Waals surface area contributed by atoms with E-state index in [9.17, 15) is 9.59 Å². The van der Waals surface area contributed by atoms with Gasteiger partial charge in [0.2, 0.25) is 11.7 Å². The molecule has 0 unspecified atom stereocenters. The maximum atomic E-state index is 12.8. The predicted octanol–water partition coefficient (Wildman–Crippen LogP) is 4.55. The number of aromatic nitrogens is 1. The first-order valence-corrected chi connectivity index (χ1v) is 9.87. The lowest BCUT2D eigenvalue weighted by molar-refractivity contribution is -0.116. The van der Waals surface area contributed by atoms with Gasteiger partial charge in [-0.05, 0) is 42.5 Å². The van der Waals surface area contributed by atoms with Crippen molar-refractivity contribution in [2.75, 3.05) is 19.0 Å². The number of ketones is 1. The topological polar surface area (TPSA) is 69.6 Å². The van der Waals surface area contributed by atoms with E-state index in [0.717, 1.165) is 16.7 Å². The zero-order valence-corrected chi connectivity index (χ0v) is 17.1. The zero-order chi connectivity index (χ0) is 21.6. The van der Waals surface area contributed by atoms with Gasteiger partial charge in [0.1, 0.15) is 18.0 Å². The van der Waals surface area contributed by atoms with E-state index in [1.54, 1.807) is 54.3 Å². The van der Waals surface area contributed by atoms with Gasteiger partial charge in [-0.25, -0.2) is 0 Å². The van der Waals surface area contributed by atoms with Crippen molar-refractivity contribution >= 4 is 28.3 Å². The molecule has 6 nitrogen and oxygen atoms in total. The number of carbonyl (C=O) groups excluding carboxylic acids is 2. The van der Waals surface area contributed by atoms with Crippen LogP contribution in [0.2, 0.25) is 0 Å². The summed E-state index contributed by atoms with van der Waals surface area (Å²) in [6, 6.07) is 23.9. The Morgan fingerprint density at radius 2 is 1.58 bits per heavy atom. The third-order valence-corrected chi connectivity index (χ3v) is 4.89. The normalized spacial score (nSPS) is 10.6. The predicted molar refractivity (Wildman–Crippen MR) is 120 cm³/mol. The molecular weight excluding hydrogens is 392 g/mol. The first kappa shape index (κ1) is 20.2. The van der Waals surface area contributed by atoms with Gasteiger partial charge < -0.3 is 19.4 Å². The van der Waals surface area contributed by atoms with Gasteiger partial charge in [-0.1, -0.05) is 36.4 Å². The average molecular weight is 414 g/mol. The maximum Gasteiger partial charge on any atom is 0.244 e. The molecule has 0 fully saturated rings. The highest BCUT2D eigenvalue weighted by Crippen LogP contribution is 2.23. The zero-order valence-electron chi connectivity index (χ0n) is 17.1. The van der Waals surface area contributed by atoms with Crippen LogP contribution in [0.5, 0.6) is 11.5 Å². The second-order valence-electron chi connectivity index (χ2n) is 6.99. The average Bonchev–Trinajstić information content (AvgIpc) is 3.17. The molecule has 4 aromatic rings. The Morgan fingerprint density at radius 3 is 2.32 bits per heavy atom. The van der Waals surface area contributed by atoms with Crippen LogP contribution in [-0.4, -0.2) is 30.0 Å². The Morgan fingerprint density at radius 1 is 0.871 bits per heavy atom.